The molecule has 0 fully saturated rings. The first-order chi connectivity index (χ1) is 12.3. The van der Waals surface area contributed by atoms with Gasteiger partial charge in [0.15, 0.2) is 6.79 Å². The van der Waals surface area contributed by atoms with Crippen LogP contribution in [0.5, 0.6) is 5.75 Å². The Morgan fingerprint density at radius 1 is 0.960 bits per heavy atom. The van der Waals surface area contributed by atoms with E-state index in [0.29, 0.717) is 0 Å². The number of nitrogens with zero attached hydrogens (tertiary/aromatic N) is 3. The second kappa shape index (κ2) is 8.44. The van der Waals surface area contributed by atoms with E-state index in [1.807, 2.05) is 42.1 Å². The number of benzene rings is 2. The van der Waals surface area contributed by atoms with Crippen molar-refractivity contribution >= 4 is 0 Å². The summed E-state index contributed by atoms with van der Waals surface area (Å²) in [6.07, 6.45) is 3.05. The number of ether oxygens (including phenoxy) is 2. The summed E-state index contributed by atoms with van der Waals surface area (Å²) < 4.78 is 12.2. The molecule has 0 radical (unpaired) electrons. The fraction of sp³-hybridized carbons (Fsp3) is 0.300. The van der Waals surface area contributed by atoms with Crippen molar-refractivity contribution in [1.82, 2.24) is 15.0 Å². The molecule has 5 nitrogen and oxygen atoms in total. The smallest absolute Gasteiger partial charge is 0.188 e. The van der Waals surface area contributed by atoms with Crippen LogP contribution in [0.2, 0.25) is 0 Å². The Labute approximate surface area is 148 Å². The lowest BCUT2D eigenvalue weighted by Gasteiger charge is -2.07. The topological polar surface area (TPSA) is 49.2 Å². The van der Waals surface area contributed by atoms with Crippen LogP contribution in [0, 0.1) is 0 Å². The minimum atomic E-state index is 0.245. The van der Waals surface area contributed by atoms with Crippen molar-refractivity contribution in [3.05, 3.63) is 65.9 Å². The predicted octanol–water partition coefficient (Wildman–Crippen LogP) is 3.64. The lowest BCUT2D eigenvalue weighted by atomic mass is 10.0. The first kappa shape index (κ1) is 17.2. The third kappa shape index (κ3) is 4.45. The molecule has 0 unspecified atom stereocenters. The molecule has 0 saturated carbocycles. The molecular weight excluding hydrogens is 314 g/mol. The van der Waals surface area contributed by atoms with E-state index in [1.54, 1.807) is 7.11 Å². The van der Waals surface area contributed by atoms with Gasteiger partial charge in [0.1, 0.15) is 11.4 Å². The van der Waals surface area contributed by atoms with Crippen molar-refractivity contribution in [2.24, 2.45) is 7.05 Å². The van der Waals surface area contributed by atoms with Crippen molar-refractivity contribution in [2.45, 2.75) is 19.3 Å². The van der Waals surface area contributed by atoms with Crippen molar-refractivity contribution in [1.29, 1.82) is 0 Å². The average Bonchev–Trinajstić information content (AvgIpc) is 3.02. The van der Waals surface area contributed by atoms with Crippen LogP contribution in [0.4, 0.5) is 0 Å². The number of rotatable bonds is 8. The molecule has 0 atom stereocenters. The molecule has 130 valence electrons. The maximum Gasteiger partial charge on any atom is 0.188 e. The van der Waals surface area contributed by atoms with E-state index < -0.39 is 0 Å². The van der Waals surface area contributed by atoms with Crippen molar-refractivity contribution in [3.63, 3.8) is 0 Å². The molecule has 1 heterocycles. The number of aryl methyl sites for hydroxylation is 2. The van der Waals surface area contributed by atoms with E-state index in [-0.39, 0.29) is 6.79 Å². The van der Waals surface area contributed by atoms with Gasteiger partial charge in [-0.25, -0.2) is 0 Å². The van der Waals surface area contributed by atoms with Crippen LogP contribution >= 0.6 is 0 Å². The van der Waals surface area contributed by atoms with Crippen LogP contribution in [-0.2, 0) is 24.6 Å². The van der Waals surface area contributed by atoms with Gasteiger partial charge in [0.05, 0.1) is 5.69 Å². The molecular formula is C20H23N3O2. The number of hydrogen-bond acceptors (Lipinski definition) is 4. The molecule has 0 N–H and O–H groups in total. The molecule has 3 rings (SSSR count). The fourth-order valence-corrected chi connectivity index (χ4v) is 2.82. The van der Waals surface area contributed by atoms with E-state index in [0.717, 1.165) is 42.0 Å². The standard InChI is InChI=1S/C20H23N3O2/c1-23-19(10-6-9-16-7-4-3-5-8-16)20(21-22-23)17-11-13-18(14-12-17)25-15-24-2/h3-5,7-8,11-14H,6,9-10,15H2,1-2H3. The highest BCUT2D eigenvalue weighted by atomic mass is 16.7. The zero-order chi connectivity index (χ0) is 17.5. The molecule has 5 heteroatoms. The highest BCUT2D eigenvalue weighted by Crippen LogP contribution is 2.24. The van der Waals surface area contributed by atoms with Gasteiger partial charge in [-0.05, 0) is 49.1 Å². The molecule has 0 saturated heterocycles. The van der Waals surface area contributed by atoms with Crippen LogP contribution in [0.25, 0.3) is 11.3 Å². The van der Waals surface area contributed by atoms with Gasteiger partial charge in [0.25, 0.3) is 0 Å². The first-order valence-electron chi connectivity index (χ1n) is 8.42. The average molecular weight is 337 g/mol. The molecule has 0 amide bonds. The van der Waals surface area contributed by atoms with E-state index in [9.17, 15) is 0 Å². The van der Waals surface area contributed by atoms with Gasteiger partial charge in [-0.2, -0.15) is 0 Å². The first-order valence-corrected chi connectivity index (χ1v) is 8.42. The van der Waals surface area contributed by atoms with Crippen molar-refractivity contribution in [2.75, 3.05) is 13.9 Å². The van der Waals surface area contributed by atoms with Gasteiger partial charge in [0.2, 0.25) is 0 Å². The van der Waals surface area contributed by atoms with Gasteiger partial charge in [0, 0.05) is 19.7 Å². The van der Waals surface area contributed by atoms with Gasteiger partial charge in [-0.1, -0.05) is 35.5 Å². The van der Waals surface area contributed by atoms with Crippen LogP contribution in [-0.4, -0.2) is 28.9 Å². The minimum absolute atomic E-state index is 0.245. The number of methoxy groups -OCH3 is 1. The molecule has 0 spiro atoms. The van der Waals surface area contributed by atoms with Crippen LogP contribution < -0.4 is 4.74 Å². The normalized spacial score (nSPS) is 10.8. The Morgan fingerprint density at radius 3 is 2.44 bits per heavy atom. The fourth-order valence-electron chi connectivity index (χ4n) is 2.82. The van der Waals surface area contributed by atoms with E-state index in [1.165, 1.54) is 5.56 Å². The Morgan fingerprint density at radius 2 is 1.72 bits per heavy atom. The quantitative estimate of drug-likeness (QED) is 0.589. The third-order valence-corrected chi connectivity index (χ3v) is 4.14. The summed E-state index contributed by atoms with van der Waals surface area (Å²) in [4.78, 5) is 0. The summed E-state index contributed by atoms with van der Waals surface area (Å²) in [6, 6.07) is 18.4. The third-order valence-electron chi connectivity index (χ3n) is 4.14. The van der Waals surface area contributed by atoms with E-state index >= 15 is 0 Å². The summed E-state index contributed by atoms with van der Waals surface area (Å²) in [6.45, 7) is 0.245. The maximum atomic E-state index is 5.43. The van der Waals surface area contributed by atoms with Gasteiger partial charge < -0.3 is 9.47 Å². The second-order valence-electron chi connectivity index (χ2n) is 5.92. The largest absolute Gasteiger partial charge is 0.468 e. The minimum Gasteiger partial charge on any atom is -0.468 e. The zero-order valence-corrected chi connectivity index (χ0v) is 14.7. The Balaban J connectivity index is 1.68. The molecule has 0 aliphatic heterocycles. The molecule has 1 aromatic heterocycles. The summed E-state index contributed by atoms with van der Waals surface area (Å²) in [5.41, 5.74) is 4.50. The molecule has 0 aliphatic rings. The Bertz CT molecular complexity index is 782. The molecule has 25 heavy (non-hydrogen) atoms. The Hall–Kier alpha value is -2.66. The predicted molar refractivity (Wildman–Crippen MR) is 97.4 cm³/mol. The van der Waals surface area contributed by atoms with Crippen LogP contribution in [0.15, 0.2) is 54.6 Å². The monoisotopic (exact) mass is 337 g/mol. The van der Waals surface area contributed by atoms with Gasteiger partial charge in [-0.3, -0.25) is 4.68 Å². The zero-order valence-electron chi connectivity index (χ0n) is 14.7. The van der Waals surface area contributed by atoms with Crippen molar-refractivity contribution < 1.29 is 9.47 Å². The number of aromatic nitrogens is 3. The summed E-state index contributed by atoms with van der Waals surface area (Å²) in [7, 11) is 3.56. The highest BCUT2D eigenvalue weighted by Gasteiger charge is 2.12. The summed E-state index contributed by atoms with van der Waals surface area (Å²) in [5.74, 6) is 0.778. The molecule has 3 aromatic rings. The maximum absolute atomic E-state index is 5.43. The van der Waals surface area contributed by atoms with Gasteiger partial charge in [-0.15, -0.1) is 5.10 Å². The van der Waals surface area contributed by atoms with E-state index in [4.69, 9.17) is 9.47 Å². The molecule has 0 aliphatic carbocycles. The Kier molecular flexibility index (Phi) is 5.80. The highest BCUT2D eigenvalue weighted by molar-refractivity contribution is 5.62. The molecule has 2 aromatic carbocycles. The lowest BCUT2D eigenvalue weighted by Crippen LogP contribution is -2.01. The van der Waals surface area contributed by atoms with Crippen LogP contribution in [0.3, 0.4) is 0 Å². The van der Waals surface area contributed by atoms with Gasteiger partial charge >= 0.3 is 0 Å². The SMILES string of the molecule is COCOc1ccc(-c2nnn(C)c2CCCc2ccccc2)cc1. The summed E-state index contributed by atoms with van der Waals surface area (Å²) >= 11 is 0. The lowest BCUT2D eigenvalue weighted by molar-refractivity contribution is 0.0511. The summed E-state index contributed by atoms with van der Waals surface area (Å²) in [5, 5.41) is 8.56. The van der Waals surface area contributed by atoms with Crippen molar-refractivity contribution in [3.8, 4) is 17.0 Å². The van der Waals surface area contributed by atoms with Crippen LogP contribution in [0.1, 0.15) is 17.7 Å². The molecule has 0 bridgehead atoms. The number of hydrogen-bond donors (Lipinski definition) is 0. The van der Waals surface area contributed by atoms with E-state index in [2.05, 4.69) is 34.6 Å². The second-order valence-corrected chi connectivity index (χ2v) is 5.92.